The first-order valence-electron chi connectivity index (χ1n) is 8.27. The zero-order valence-electron chi connectivity index (χ0n) is 13.7. The number of carboxylic acids is 1. The van der Waals surface area contributed by atoms with Gasteiger partial charge in [0.25, 0.3) is 0 Å². The Morgan fingerprint density at radius 3 is 2.84 bits per heavy atom. The van der Waals surface area contributed by atoms with Gasteiger partial charge in [-0.05, 0) is 22.4 Å². The molecule has 0 aliphatic carbocycles. The fourth-order valence-electron chi connectivity index (χ4n) is 3.18. The van der Waals surface area contributed by atoms with Crippen molar-refractivity contribution in [1.82, 2.24) is 15.1 Å². The molecule has 0 atom stereocenters. The molecule has 0 amide bonds. The first-order chi connectivity index (χ1) is 12.2. The number of ether oxygens (including phenoxy) is 1. The number of aromatic amines is 1. The van der Waals surface area contributed by atoms with E-state index in [1.54, 1.807) is 6.07 Å². The SMILES string of the molecule is O=C(O)c1cc(CN2CC(OCc3cccc4ccccc34)C2)[nH]n1. The van der Waals surface area contributed by atoms with Crippen LogP contribution in [0.2, 0.25) is 0 Å². The van der Waals surface area contributed by atoms with Crippen molar-refractivity contribution in [1.29, 1.82) is 0 Å². The zero-order chi connectivity index (χ0) is 17.2. The van der Waals surface area contributed by atoms with E-state index in [-0.39, 0.29) is 11.8 Å². The molecule has 1 aromatic heterocycles. The van der Waals surface area contributed by atoms with Crippen molar-refractivity contribution in [2.45, 2.75) is 19.3 Å². The average molecular weight is 337 g/mol. The third-order valence-corrected chi connectivity index (χ3v) is 4.52. The number of hydrogen-bond donors (Lipinski definition) is 2. The van der Waals surface area contributed by atoms with E-state index in [9.17, 15) is 4.79 Å². The van der Waals surface area contributed by atoms with Gasteiger partial charge in [-0.15, -0.1) is 0 Å². The Hall–Kier alpha value is -2.70. The molecule has 1 aliphatic rings. The molecule has 128 valence electrons. The predicted octanol–water partition coefficient (Wildman–Crippen LogP) is 2.66. The molecule has 25 heavy (non-hydrogen) atoms. The summed E-state index contributed by atoms with van der Waals surface area (Å²) in [6.07, 6.45) is 0.209. The van der Waals surface area contributed by atoms with E-state index < -0.39 is 5.97 Å². The average Bonchev–Trinajstić information content (AvgIpc) is 3.06. The Bertz CT molecular complexity index is 894. The summed E-state index contributed by atoms with van der Waals surface area (Å²) in [4.78, 5) is 13.0. The van der Waals surface area contributed by atoms with Gasteiger partial charge in [0.15, 0.2) is 5.69 Å². The summed E-state index contributed by atoms with van der Waals surface area (Å²) in [5.41, 5.74) is 2.07. The number of carbonyl (C=O) groups is 1. The van der Waals surface area contributed by atoms with E-state index in [1.165, 1.54) is 16.3 Å². The second-order valence-electron chi connectivity index (χ2n) is 6.35. The van der Waals surface area contributed by atoms with Crippen LogP contribution >= 0.6 is 0 Å². The topological polar surface area (TPSA) is 78.5 Å². The third kappa shape index (κ3) is 3.40. The van der Waals surface area contributed by atoms with Crippen LogP contribution in [-0.4, -0.2) is 45.4 Å². The first kappa shape index (κ1) is 15.8. The quantitative estimate of drug-likeness (QED) is 0.723. The Kier molecular flexibility index (Phi) is 4.21. The summed E-state index contributed by atoms with van der Waals surface area (Å²) in [6, 6.07) is 16.2. The number of fused-ring (bicyclic) bond motifs is 1. The van der Waals surface area contributed by atoms with Crippen LogP contribution in [0.25, 0.3) is 10.8 Å². The molecule has 2 heterocycles. The Morgan fingerprint density at radius 1 is 1.24 bits per heavy atom. The molecular formula is C19H19N3O3. The van der Waals surface area contributed by atoms with Crippen molar-refractivity contribution in [2.75, 3.05) is 13.1 Å². The molecule has 4 rings (SSSR count). The number of hydrogen-bond acceptors (Lipinski definition) is 4. The highest BCUT2D eigenvalue weighted by molar-refractivity contribution is 5.85. The highest BCUT2D eigenvalue weighted by Crippen LogP contribution is 2.22. The van der Waals surface area contributed by atoms with Gasteiger partial charge in [0.2, 0.25) is 0 Å². The van der Waals surface area contributed by atoms with Gasteiger partial charge in [-0.2, -0.15) is 5.10 Å². The van der Waals surface area contributed by atoms with Gasteiger partial charge in [0, 0.05) is 19.6 Å². The minimum Gasteiger partial charge on any atom is -0.476 e. The maximum absolute atomic E-state index is 10.8. The third-order valence-electron chi connectivity index (χ3n) is 4.52. The standard InChI is InChI=1S/C19H19N3O3/c23-19(24)18-8-15(20-21-18)9-22-10-16(11-22)25-12-14-6-3-5-13-4-1-2-7-17(13)14/h1-8,16H,9-12H2,(H,20,21)(H,23,24). The normalized spacial score (nSPS) is 15.4. The second-order valence-corrected chi connectivity index (χ2v) is 6.35. The fourth-order valence-corrected chi connectivity index (χ4v) is 3.18. The van der Waals surface area contributed by atoms with Gasteiger partial charge in [-0.3, -0.25) is 10.00 Å². The smallest absolute Gasteiger partial charge is 0.356 e. The Labute approximate surface area is 145 Å². The summed E-state index contributed by atoms with van der Waals surface area (Å²) >= 11 is 0. The van der Waals surface area contributed by atoms with E-state index in [4.69, 9.17) is 9.84 Å². The number of carboxylic acid groups (broad SMARTS) is 1. The van der Waals surface area contributed by atoms with E-state index >= 15 is 0 Å². The summed E-state index contributed by atoms with van der Waals surface area (Å²) in [7, 11) is 0. The van der Waals surface area contributed by atoms with Crippen molar-refractivity contribution in [2.24, 2.45) is 0 Å². The number of H-pyrrole nitrogens is 1. The van der Waals surface area contributed by atoms with Crippen LogP contribution in [-0.2, 0) is 17.9 Å². The van der Waals surface area contributed by atoms with E-state index in [2.05, 4.69) is 45.4 Å². The molecule has 1 aliphatic heterocycles. The second kappa shape index (κ2) is 6.66. The molecule has 2 N–H and O–H groups in total. The first-order valence-corrected chi connectivity index (χ1v) is 8.27. The molecule has 0 spiro atoms. The Morgan fingerprint density at radius 2 is 2.04 bits per heavy atom. The monoisotopic (exact) mass is 337 g/mol. The summed E-state index contributed by atoms with van der Waals surface area (Å²) in [5, 5.41) is 17.9. The van der Waals surface area contributed by atoms with E-state index in [0.717, 1.165) is 18.8 Å². The molecule has 6 nitrogen and oxygen atoms in total. The lowest BCUT2D eigenvalue weighted by Crippen LogP contribution is -2.51. The van der Waals surface area contributed by atoms with E-state index in [0.29, 0.717) is 13.2 Å². The van der Waals surface area contributed by atoms with Crippen LogP contribution in [0.5, 0.6) is 0 Å². The van der Waals surface area contributed by atoms with Crippen LogP contribution in [0.1, 0.15) is 21.7 Å². The minimum absolute atomic E-state index is 0.0549. The number of likely N-dealkylation sites (tertiary alicyclic amines) is 1. The van der Waals surface area contributed by atoms with Gasteiger partial charge in [-0.25, -0.2) is 4.79 Å². The summed E-state index contributed by atoms with van der Waals surface area (Å²) in [5.74, 6) is -1.01. The van der Waals surface area contributed by atoms with Crippen molar-refractivity contribution in [3.05, 3.63) is 65.5 Å². The molecule has 2 aromatic carbocycles. The highest BCUT2D eigenvalue weighted by atomic mass is 16.5. The maximum atomic E-state index is 10.8. The Balaban J connectivity index is 1.29. The number of aromatic carboxylic acids is 1. The van der Waals surface area contributed by atoms with E-state index in [1.807, 2.05) is 12.1 Å². The number of nitrogens with one attached hydrogen (secondary N) is 1. The molecule has 0 unspecified atom stereocenters. The molecule has 1 saturated heterocycles. The van der Waals surface area contributed by atoms with Crippen LogP contribution < -0.4 is 0 Å². The van der Waals surface area contributed by atoms with Gasteiger partial charge < -0.3 is 9.84 Å². The molecule has 0 saturated carbocycles. The summed E-state index contributed by atoms with van der Waals surface area (Å²) < 4.78 is 6.02. The van der Waals surface area contributed by atoms with Gasteiger partial charge in [0.05, 0.1) is 18.4 Å². The number of nitrogens with zero attached hydrogens (tertiary/aromatic N) is 2. The molecule has 0 bridgehead atoms. The largest absolute Gasteiger partial charge is 0.476 e. The highest BCUT2D eigenvalue weighted by Gasteiger charge is 2.28. The number of benzene rings is 2. The predicted molar refractivity (Wildman–Crippen MR) is 93.3 cm³/mol. The van der Waals surface area contributed by atoms with Crippen LogP contribution in [0.4, 0.5) is 0 Å². The molecule has 0 radical (unpaired) electrons. The molecule has 3 aromatic rings. The minimum atomic E-state index is -1.01. The maximum Gasteiger partial charge on any atom is 0.356 e. The summed E-state index contributed by atoms with van der Waals surface area (Å²) in [6.45, 7) is 2.94. The molecule has 1 fully saturated rings. The lowest BCUT2D eigenvalue weighted by atomic mass is 10.1. The van der Waals surface area contributed by atoms with Crippen molar-refractivity contribution in [3.8, 4) is 0 Å². The molecular weight excluding hydrogens is 318 g/mol. The van der Waals surface area contributed by atoms with Crippen LogP contribution in [0.3, 0.4) is 0 Å². The van der Waals surface area contributed by atoms with Crippen molar-refractivity contribution >= 4 is 16.7 Å². The lowest BCUT2D eigenvalue weighted by Gasteiger charge is -2.38. The lowest BCUT2D eigenvalue weighted by molar-refractivity contribution is -0.0659. The van der Waals surface area contributed by atoms with Crippen LogP contribution in [0, 0.1) is 0 Å². The van der Waals surface area contributed by atoms with Gasteiger partial charge in [-0.1, -0.05) is 42.5 Å². The van der Waals surface area contributed by atoms with Crippen molar-refractivity contribution < 1.29 is 14.6 Å². The van der Waals surface area contributed by atoms with Gasteiger partial charge in [0.1, 0.15) is 0 Å². The van der Waals surface area contributed by atoms with Crippen LogP contribution in [0.15, 0.2) is 48.5 Å². The number of rotatable bonds is 6. The molecule has 6 heteroatoms. The number of aromatic nitrogens is 2. The fraction of sp³-hybridized carbons (Fsp3) is 0.263. The van der Waals surface area contributed by atoms with Crippen molar-refractivity contribution in [3.63, 3.8) is 0 Å². The zero-order valence-corrected chi connectivity index (χ0v) is 13.7. The van der Waals surface area contributed by atoms with Gasteiger partial charge >= 0.3 is 5.97 Å².